The summed E-state index contributed by atoms with van der Waals surface area (Å²) in [5.41, 5.74) is 3.11. The number of hydrogen-bond acceptors (Lipinski definition) is 1. The summed E-state index contributed by atoms with van der Waals surface area (Å²) in [4.78, 5) is 11.4. The van der Waals surface area contributed by atoms with Gasteiger partial charge in [-0.25, -0.2) is 0 Å². The van der Waals surface area contributed by atoms with Crippen molar-refractivity contribution < 1.29 is 4.79 Å². The standard InChI is InChI=1S/C15H21NO.C2H6/c1-5-6-15(17)16-14-9-7-13(8-10-14)12(4)11(2)3;1-2/h7-11H,4-6H2,1-3H3,(H,16,17);1-2H3. The first-order valence-corrected chi connectivity index (χ1v) is 7.13. The predicted molar refractivity (Wildman–Crippen MR) is 85.2 cm³/mol. The van der Waals surface area contributed by atoms with Gasteiger partial charge in [0.15, 0.2) is 0 Å². The second kappa shape index (κ2) is 9.37. The van der Waals surface area contributed by atoms with Crippen molar-refractivity contribution in [3.05, 3.63) is 36.4 Å². The lowest BCUT2D eigenvalue weighted by molar-refractivity contribution is -0.116. The molecule has 1 N–H and O–H groups in total. The molecule has 2 heteroatoms. The molecule has 1 amide bonds. The molecule has 0 saturated carbocycles. The lowest BCUT2D eigenvalue weighted by Gasteiger charge is -2.10. The Morgan fingerprint density at radius 2 is 1.74 bits per heavy atom. The molecule has 1 aromatic carbocycles. The summed E-state index contributed by atoms with van der Waals surface area (Å²) in [6.45, 7) is 14.3. The quantitative estimate of drug-likeness (QED) is 0.783. The van der Waals surface area contributed by atoms with E-state index in [1.165, 1.54) is 0 Å². The summed E-state index contributed by atoms with van der Waals surface area (Å²) in [6, 6.07) is 7.86. The maximum absolute atomic E-state index is 11.4. The average Bonchev–Trinajstić information content (AvgIpc) is 2.41. The highest BCUT2D eigenvalue weighted by Gasteiger charge is 2.04. The number of amides is 1. The van der Waals surface area contributed by atoms with Gasteiger partial charge in [-0.3, -0.25) is 4.79 Å². The fourth-order valence-corrected chi connectivity index (χ4v) is 1.55. The van der Waals surface area contributed by atoms with Crippen molar-refractivity contribution >= 4 is 17.2 Å². The van der Waals surface area contributed by atoms with Gasteiger partial charge < -0.3 is 5.32 Å². The van der Waals surface area contributed by atoms with E-state index in [-0.39, 0.29) is 5.91 Å². The summed E-state index contributed by atoms with van der Waals surface area (Å²) < 4.78 is 0. The minimum Gasteiger partial charge on any atom is -0.326 e. The zero-order chi connectivity index (χ0) is 14.8. The van der Waals surface area contributed by atoms with E-state index in [2.05, 4.69) is 25.7 Å². The second-order valence-electron chi connectivity index (χ2n) is 4.56. The number of carbonyl (C=O) groups excluding carboxylic acids is 1. The fraction of sp³-hybridized carbons (Fsp3) is 0.471. The first-order chi connectivity index (χ1) is 9.04. The lowest BCUT2D eigenvalue weighted by atomic mass is 9.97. The molecule has 0 fully saturated rings. The zero-order valence-corrected chi connectivity index (χ0v) is 12.9. The van der Waals surface area contributed by atoms with Crippen molar-refractivity contribution in [3.8, 4) is 0 Å². The molecule has 1 rings (SSSR count). The summed E-state index contributed by atoms with van der Waals surface area (Å²) in [7, 11) is 0. The topological polar surface area (TPSA) is 29.1 Å². The highest BCUT2D eigenvalue weighted by Crippen LogP contribution is 2.22. The number of anilines is 1. The molecule has 0 unspecified atom stereocenters. The van der Waals surface area contributed by atoms with Crippen molar-refractivity contribution in [1.29, 1.82) is 0 Å². The normalized spacial score (nSPS) is 9.58. The molecule has 1 aromatic rings. The summed E-state index contributed by atoms with van der Waals surface area (Å²) in [6.07, 6.45) is 1.44. The van der Waals surface area contributed by atoms with E-state index in [1.54, 1.807) is 0 Å². The predicted octanol–water partition coefficient (Wildman–Crippen LogP) is 5.12. The van der Waals surface area contributed by atoms with Crippen LogP contribution in [0.3, 0.4) is 0 Å². The summed E-state index contributed by atoms with van der Waals surface area (Å²) >= 11 is 0. The lowest BCUT2D eigenvalue weighted by Crippen LogP contribution is -2.10. The number of benzene rings is 1. The van der Waals surface area contributed by atoms with Crippen LogP contribution in [-0.4, -0.2) is 5.91 Å². The molecule has 2 nitrogen and oxygen atoms in total. The third-order valence-corrected chi connectivity index (χ3v) is 2.71. The van der Waals surface area contributed by atoms with Crippen molar-refractivity contribution in [2.24, 2.45) is 5.92 Å². The molecule has 0 bridgehead atoms. The smallest absolute Gasteiger partial charge is 0.224 e. The maximum Gasteiger partial charge on any atom is 0.224 e. The van der Waals surface area contributed by atoms with Crippen LogP contribution >= 0.6 is 0 Å². The van der Waals surface area contributed by atoms with Crippen LogP contribution < -0.4 is 5.32 Å². The molecule has 106 valence electrons. The van der Waals surface area contributed by atoms with E-state index in [1.807, 2.05) is 45.0 Å². The largest absolute Gasteiger partial charge is 0.326 e. The monoisotopic (exact) mass is 261 g/mol. The van der Waals surface area contributed by atoms with E-state index in [4.69, 9.17) is 0 Å². The van der Waals surface area contributed by atoms with Crippen LogP contribution in [0, 0.1) is 5.92 Å². The Balaban J connectivity index is 0.00000154. The molecule has 0 saturated heterocycles. The van der Waals surface area contributed by atoms with E-state index >= 15 is 0 Å². The Morgan fingerprint density at radius 3 is 2.16 bits per heavy atom. The molecule has 0 heterocycles. The maximum atomic E-state index is 11.4. The first-order valence-electron chi connectivity index (χ1n) is 7.13. The molecule has 0 atom stereocenters. The molecule has 0 radical (unpaired) electrons. The molecule has 0 aliphatic carbocycles. The van der Waals surface area contributed by atoms with Gasteiger partial charge in [0.05, 0.1) is 0 Å². The third-order valence-electron chi connectivity index (χ3n) is 2.71. The Labute approximate surface area is 117 Å². The van der Waals surface area contributed by atoms with Crippen molar-refractivity contribution in [1.82, 2.24) is 0 Å². The van der Waals surface area contributed by atoms with Gasteiger partial charge in [-0.15, -0.1) is 0 Å². The van der Waals surface area contributed by atoms with Crippen molar-refractivity contribution in [2.45, 2.75) is 47.5 Å². The van der Waals surface area contributed by atoms with Gasteiger partial charge >= 0.3 is 0 Å². The first kappa shape index (κ1) is 17.4. The van der Waals surface area contributed by atoms with E-state index < -0.39 is 0 Å². The Kier molecular flexibility index (Phi) is 8.60. The van der Waals surface area contributed by atoms with Crippen LogP contribution in [0.15, 0.2) is 30.8 Å². The molecular formula is C17H27NO. The Bertz CT molecular complexity index is 390. The SMILES string of the molecule is C=C(c1ccc(NC(=O)CCC)cc1)C(C)C.CC. The van der Waals surface area contributed by atoms with Crippen LogP contribution in [0.2, 0.25) is 0 Å². The molecule has 0 aliphatic heterocycles. The van der Waals surface area contributed by atoms with Crippen molar-refractivity contribution in [3.63, 3.8) is 0 Å². The minimum atomic E-state index is 0.0722. The highest BCUT2D eigenvalue weighted by atomic mass is 16.1. The van der Waals surface area contributed by atoms with Crippen LogP contribution in [0.25, 0.3) is 5.57 Å². The van der Waals surface area contributed by atoms with Crippen LogP contribution in [0.5, 0.6) is 0 Å². The van der Waals surface area contributed by atoms with E-state index in [0.29, 0.717) is 12.3 Å². The van der Waals surface area contributed by atoms with E-state index in [0.717, 1.165) is 23.2 Å². The number of carbonyl (C=O) groups is 1. The summed E-state index contributed by atoms with van der Waals surface area (Å²) in [5, 5.41) is 2.87. The van der Waals surface area contributed by atoms with Gasteiger partial charge in [-0.1, -0.05) is 53.3 Å². The highest BCUT2D eigenvalue weighted by molar-refractivity contribution is 5.90. The third kappa shape index (κ3) is 6.23. The molecule has 0 aliphatic rings. The Hall–Kier alpha value is -1.57. The number of allylic oxidation sites excluding steroid dienone is 1. The fourth-order valence-electron chi connectivity index (χ4n) is 1.55. The van der Waals surface area contributed by atoms with Crippen LogP contribution in [-0.2, 0) is 4.79 Å². The van der Waals surface area contributed by atoms with Gasteiger partial charge in [0, 0.05) is 12.1 Å². The number of rotatable bonds is 5. The van der Waals surface area contributed by atoms with Gasteiger partial charge in [0.2, 0.25) is 5.91 Å². The van der Waals surface area contributed by atoms with Gasteiger partial charge in [0.1, 0.15) is 0 Å². The van der Waals surface area contributed by atoms with Gasteiger partial charge in [-0.05, 0) is 35.6 Å². The van der Waals surface area contributed by atoms with Crippen molar-refractivity contribution in [2.75, 3.05) is 5.32 Å². The molecular weight excluding hydrogens is 234 g/mol. The number of nitrogens with one attached hydrogen (secondary N) is 1. The van der Waals surface area contributed by atoms with Gasteiger partial charge in [-0.2, -0.15) is 0 Å². The van der Waals surface area contributed by atoms with Crippen LogP contribution in [0.4, 0.5) is 5.69 Å². The minimum absolute atomic E-state index is 0.0722. The zero-order valence-electron chi connectivity index (χ0n) is 12.9. The molecule has 19 heavy (non-hydrogen) atoms. The van der Waals surface area contributed by atoms with Gasteiger partial charge in [0.25, 0.3) is 0 Å². The molecule has 0 aromatic heterocycles. The number of hydrogen-bond donors (Lipinski definition) is 1. The average molecular weight is 261 g/mol. The second-order valence-corrected chi connectivity index (χ2v) is 4.56. The van der Waals surface area contributed by atoms with Crippen LogP contribution in [0.1, 0.15) is 53.0 Å². The Morgan fingerprint density at radius 1 is 1.21 bits per heavy atom. The molecule has 0 spiro atoms. The van der Waals surface area contributed by atoms with E-state index in [9.17, 15) is 4.79 Å². The summed E-state index contributed by atoms with van der Waals surface area (Å²) in [5.74, 6) is 0.512.